The highest BCUT2D eigenvalue weighted by molar-refractivity contribution is 14.1. The molecule has 0 spiro atoms. The maximum absolute atomic E-state index is 12.1. The van der Waals surface area contributed by atoms with Gasteiger partial charge in [-0.25, -0.2) is 4.57 Å². The highest BCUT2D eigenvalue weighted by Gasteiger charge is 2.12. The second kappa shape index (κ2) is 7.35. The second-order valence-electron chi connectivity index (χ2n) is 3.83. The van der Waals surface area contributed by atoms with E-state index in [1.165, 1.54) is 0 Å². The average molecular weight is 498 g/mol. The standard InChI is InChI=1S/C13H10BrIN2O.BrH/c14-10-3-1-9(2-4-10)12(18)8-17-7-11(15)5-6-13(17)16;/h1-7,16H,8H2;1H. The lowest BCUT2D eigenvalue weighted by Gasteiger charge is -2.03. The third kappa shape index (κ3) is 4.54. The number of pyridine rings is 1. The third-order valence-corrected chi connectivity index (χ3v) is 3.67. The number of nitrogens with zero attached hydrogens (tertiary/aromatic N) is 1. The van der Waals surface area contributed by atoms with E-state index in [2.05, 4.69) is 38.5 Å². The quantitative estimate of drug-likeness (QED) is 0.363. The molecule has 3 nitrogen and oxygen atoms in total. The third-order valence-electron chi connectivity index (χ3n) is 2.50. The number of ketones is 1. The summed E-state index contributed by atoms with van der Waals surface area (Å²) in [5, 5.41) is 0. The number of hydrogen-bond acceptors (Lipinski definition) is 2. The van der Waals surface area contributed by atoms with E-state index >= 15 is 0 Å². The summed E-state index contributed by atoms with van der Waals surface area (Å²) in [6, 6.07) is 11.0. The van der Waals surface area contributed by atoms with Gasteiger partial charge in [0.25, 0.3) is 5.82 Å². The summed E-state index contributed by atoms with van der Waals surface area (Å²) in [5.74, 6) is 0.627. The first-order valence-electron chi connectivity index (χ1n) is 5.29. The van der Waals surface area contributed by atoms with Crippen LogP contribution < -0.4 is 27.3 Å². The maximum Gasteiger partial charge on any atom is 0.272 e. The molecular formula is C13H11Br2IN2O. The summed E-state index contributed by atoms with van der Waals surface area (Å²) < 4.78 is 3.76. The number of halogens is 3. The second-order valence-corrected chi connectivity index (χ2v) is 5.99. The van der Waals surface area contributed by atoms with E-state index in [0.29, 0.717) is 11.4 Å². The van der Waals surface area contributed by atoms with Gasteiger partial charge in [0.05, 0.1) is 3.57 Å². The number of nitrogen functional groups attached to an aromatic ring is 1. The minimum Gasteiger partial charge on any atom is -1.00 e. The van der Waals surface area contributed by atoms with Crippen molar-refractivity contribution in [3.05, 3.63) is 56.2 Å². The zero-order valence-electron chi connectivity index (χ0n) is 9.82. The number of aromatic nitrogens is 1. The van der Waals surface area contributed by atoms with Crippen molar-refractivity contribution in [2.75, 3.05) is 5.73 Å². The molecule has 2 N–H and O–H groups in total. The van der Waals surface area contributed by atoms with Crippen LogP contribution >= 0.6 is 38.5 Å². The number of rotatable bonds is 3. The van der Waals surface area contributed by atoms with Gasteiger partial charge in [0.1, 0.15) is 6.20 Å². The first-order chi connectivity index (χ1) is 8.56. The van der Waals surface area contributed by atoms with Gasteiger partial charge >= 0.3 is 0 Å². The molecule has 0 aliphatic heterocycles. The lowest BCUT2D eigenvalue weighted by atomic mass is 10.1. The van der Waals surface area contributed by atoms with Crippen molar-refractivity contribution in [3.63, 3.8) is 0 Å². The van der Waals surface area contributed by atoms with Gasteiger partial charge in [0, 0.05) is 16.1 Å². The number of nitrogens with two attached hydrogens (primary N) is 1. The van der Waals surface area contributed by atoms with Crippen LogP contribution in [-0.2, 0) is 6.54 Å². The summed E-state index contributed by atoms with van der Waals surface area (Å²) in [6.45, 7) is 0.254. The van der Waals surface area contributed by atoms with Crippen molar-refractivity contribution >= 4 is 50.1 Å². The van der Waals surface area contributed by atoms with Crippen LogP contribution in [0.3, 0.4) is 0 Å². The van der Waals surface area contributed by atoms with E-state index in [4.69, 9.17) is 5.73 Å². The Morgan fingerprint density at radius 1 is 1.21 bits per heavy atom. The molecule has 0 aliphatic carbocycles. The number of anilines is 1. The molecule has 1 aromatic heterocycles. The topological polar surface area (TPSA) is 47.0 Å². The lowest BCUT2D eigenvalue weighted by molar-refractivity contribution is -0.669. The molecule has 0 unspecified atom stereocenters. The van der Waals surface area contributed by atoms with Crippen LogP contribution in [-0.4, -0.2) is 5.78 Å². The fraction of sp³-hybridized carbons (Fsp3) is 0.0769. The zero-order chi connectivity index (χ0) is 13.1. The van der Waals surface area contributed by atoms with Crippen molar-refractivity contribution in [1.29, 1.82) is 0 Å². The van der Waals surface area contributed by atoms with Crippen molar-refractivity contribution in [1.82, 2.24) is 0 Å². The van der Waals surface area contributed by atoms with Gasteiger partial charge in [-0.15, -0.1) is 0 Å². The van der Waals surface area contributed by atoms with Gasteiger partial charge in [-0.2, -0.15) is 0 Å². The molecule has 0 amide bonds. The number of carbonyl (C=O) groups excluding carboxylic acids is 1. The van der Waals surface area contributed by atoms with E-state index in [0.717, 1.165) is 8.04 Å². The summed E-state index contributed by atoms with van der Waals surface area (Å²) >= 11 is 5.54. The smallest absolute Gasteiger partial charge is 0.272 e. The van der Waals surface area contributed by atoms with E-state index in [1.54, 1.807) is 22.8 Å². The minimum absolute atomic E-state index is 0. The fourth-order valence-corrected chi connectivity index (χ4v) is 2.33. The van der Waals surface area contributed by atoms with Gasteiger partial charge in [0.15, 0.2) is 6.54 Å². The summed E-state index contributed by atoms with van der Waals surface area (Å²) in [6.07, 6.45) is 1.87. The first kappa shape index (κ1) is 16.6. The van der Waals surface area contributed by atoms with Crippen LogP contribution in [0.2, 0.25) is 0 Å². The normalized spacial score (nSPS) is 9.79. The van der Waals surface area contributed by atoms with Crippen LogP contribution in [0.25, 0.3) is 0 Å². The molecule has 0 radical (unpaired) electrons. The van der Waals surface area contributed by atoms with E-state index in [-0.39, 0.29) is 29.3 Å². The molecule has 1 aromatic carbocycles. The van der Waals surface area contributed by atoms with E-state index < -0.39 is 0 Å². The van der Waals surface area contributed by atoms with Gasteiger partial charge in [-0.05, 0) is 40.8 Å². The lowest BCUT2D eigenvalue weighted by Crippen LogP contribution is -3.00. The maximum atomic E-state index is 12.1. The van der Waals surface area contributed by atoms with Crippen molar-refractivity contribution in [2.45, 2.75) is 6.54 Å². The Hall–Kier alpha value is -0.470. The summed E-state index contributed by atoms with van der Waals surface area (Å²) in [5.41, 5.74) is 6.52. The molecule has 2 aromatic rings. The number of Topliss-reactive ketones (excluding diaryl/α,β-unsaturated/α-hetero) is 1. The van der Waals surface area contributed by atoms with E-state index in [1.807, 2.05) is 24.4 Å². The molecule has 0 saturated heterocycles. The van der Waals surface area contributed by atoms with Crippen molar-refractivity contribution in [3.8, 4) is 0 Å². The number of benzene rings is 1. The summed E-state index contributed by atoms with van der Waals surface area (Å²) in [4.78, 5) is 12.1. The van der Waals surface area contributed by atoms with Gasteiger partial charge in [-0.1, -0.05) is 28.1 Å². The highest BCUT2D eigenvalue weighted by atomic mass is 127. The van der Waals surface area contributed by atoms with Gasteiger partial charge in [-0.3, -0.25) is 10.5 Å². The molecule has 0 bridgehead atoms. The Morgan fingerprint density at radius 3 is 2.47 bits per heavy atom. The Balaban J connectivity index is 0.00000180. The largest absolute Gasteiger partial charge is 1.00 e. The van der Waals surface area contributed by atoms with E-state index in [9.17, 15) is 4.79 Å². The average Bonchev–Trinajstić information content (AvgIpc) is 2.34. The Labute approximate surface area is 144 Å². The zero-order valence-corrected chi connectivity index (χ0v) is 15.1. The van der Waals surface area contributed by atoms with Crippen molar-refractivity contribution in [2.24, 2.45) is 0 Å². The van der Waals surface area contributed by atoms with Crippen LogP contribution in [0.1, 0.15) is 10.4 Å². The molecular weight excluding hydrogens is 487 g/mol. The molecule has 0 aliphatic rings. The molecule has 0 atom stereocenters. The van der Waals surface area contributed by atoms with Crippen LogP contribution in [0.15, 0.2) is 47.1 Å². The Bertz CT molecular complexity index is 588. The molecule has 100 valence electrons. The minimum atomic E-state index is 0. The Kier molecular flexibility index (Phi) is 6.41. The number of hydrogen-bond donors (Lipinski definition) is 1. The van der Waals surface area contributed by atoms with Crippen molar-refractivity contribution < 1.29 is 26.3 Å². The summed E-state index contributed by atoms with van der Waals surface area (Å²) in [7, 11) is 0. The number of carbonyl (C=O) groups is 1. The Morgan fingerprint density at radius 2 is 1.84 bits per heavy atom. The predicted octanol–water partition coefficient (Wildman–Crippen LogP) is -0.190. The van der Waals surface area contributed by atoms with Gasteiger partial charge < -0.3 is 17.0 Å². The SMILES string of the molecule is Nc1ccc(I)c[n+]1CC(=O)c1ccc(Br)cc1.[Br-]. The van der Waals surface area contributed by atoms with Crippen LogP contribution in [0.5, 0.6) is 0 Å². The highest BCUT2D eigenvalue weighted by Crippen LogP contribution is 2.11. The molecule has 2 rings (SSSR count). The molecule has 19 heavy (non-hydrogen) atoms. The fourth-order valence-electron chi connectivity index (χ4n) is 1.55. The molecule has 6 heteroatoms. The van der Waals surface area contributed by atoms with Gasteiger partial charge in [0.2, 0.25) is 5.78 Å². The monoisotopic (exact) mass is 496 g/mol. The molecule has 0 saturated carbocycles. The predicted molar refractivity (Wildman–Crippen MR) is 82.2 cm³/mol. The molecule has 0 fully saturated rings. The van der Waals surface area contributed by atoms with Crippen LogP contribution in [0, 0.1) is 3.57 Å². The molecule has 1 heterocycles. The first-order valence-corrected chi connectivity index (χ1v) is 7.16. The van der Waals surface area contributed by atoms with Crippen LogP contribution in [0.4, 0.5) is 5.82 Å².